The van der Waals surface area contributed by atoms with Crippen molar-refractivity contribution in [2.75, 3.05) is 31.5 Å². The molecule has 1 aromatic carbocycles. The summed E-state index contributed by atoms with van der Waals surface area (Å²) in [6.07, 6.45) is 2.61. The third-order valence-corrected chi connectivity index (χ3v) is 5.21. The van der Waals surface area contributed by atoms with Crippen molar-refractivity contribution in [3.63, 3.8) is 0 Å². The van der Waals surface area contributed by atoms with Crippen molar-refractivity contribution in [2.45, 2.75) is 58.4 Å². The van der Waals surface area contributed by atoms with E-state index in [-0.39, 0.29) is 5.91 Å². The zero-order valence-corrected chi connectivity index (χ0v) is 15.7. The molecule has 2 heterocycles. The maximum atomic E-state index is 11.5. The lowest BCUT2D eigenvalue weighted by Gasteiger charge is -2.36. The molecule has 5 nitrogen and oxygen atoms in total. The SMILES string of the molecule is CC(=O)N1CCC(Nc2ccccc2CN2CC(C)OC(C)C2)CC1. The molecule has 25 heavy (non-hydrogen) atoms. The molecule has 2 fully saturated rings. The minimum absolute atomic E-state index is 0.189. The van der Waals surface area contributed by atoms with E-state index in [1.807, 2.05) is 4.90 Å². The average Bonchev–Trinajstić information content (AvgIpc) is 2.56. The van der Waals surface area contributed by atoms with Crippen LogP contribution in [-0.2, 0) is 16.1 Å². The first-order valence-corrected chi connectivity index (χ1v) is 9.49. The number of hydrogen-bond donors (Lipinski definition) is 1. The Kier molecular flexibility index (Phi) is 5.97. The zero-order valence-electron chi connectivity index (χ0n) is 15.7. The number of nitrogens with one attached hydrogen (secondary N) is 1. The number of amides is 1. The smallest absolute Gasteiger partial charge is 0.219 e. The molecular weight excluding hydrogens is 314 g/mol. The van der Waals surface area contributed by atoms with Crippen LogP contribution in [0.5, 0.6) is 0 Å². The number of piperidine rings is 1. The molecule has 2 aliphatic heterocycles. The topological polar surface area (TPSA) is 44.8 Å². The van der Waals surface area contributed by atoms with Crippen molar-refractivity contribution in [3.05, 3.63) is 29.8 Å². The van der Waals surface area contributed by atoms with Crippen molar-refractivity contribution >= 4 is 11.6 Å². The number of para-hydroxylation sites is 1. The summed E-state index contributed by atoms with van der Waals surface area (Å²) < 4.78 is 5.85. The summed E-state index contributed by atoms with van der Waals surface area (Å²) in [4.78, 5) is 15.9. The molecule has 1 aromatic rings. The minimum atomic E-state index is 0.189. The van der Waals surface area contributed by atoms with E-state index in [2.05, 4.69) is 48.3 Å². The number of rotatable bonds is 4. The van der Waals surface area contributed by atoms with Crippen molar-refractivity contribution in [1.82, 2.24) is 9.80 Å². The third-order valence-electron chi connectivity index (χ3n) is 5.21. The lowest BCUT2D eigenvalue weighted by Crippen LogP contribution is -2.45. The number of carbonyl (C=O) groups is 1. The Labute approximate surface area is 151 Å². The van der Waals surface area contributed by atoms with Gasteiger partial charge in [-0.25, -0.2) is 0 Å². The van der Waals surface area contributed by atoms with E-state index in [1.165, 1.54) is 11.3 Å². The van der Waals surface area contributed by atoms with Crippen molar-refractivity contribution in [3.8, 4) is 0 Å². The number of likely N-dealkylation sites (tertiary alicyclic amines) is 1. The van der Waals surface area contributed by atoms with E-state index >= 15 is 0 Å². The van der Waals surface area contributed by atoms with Gasteiger partial charge in [0.1, 0.15) is 0 Å². The number of nitrogens with zero attached hydrogens (tertiary/aromatic N) is 2. The highest BCUT2D eigenvalue weighted by atomic mass is 16.5. The van der Waals surface area contributed by atoms with Gasteiger partial charge in [0.05, 0.1) is 12.2 Å². The lowest BCUT2D eigenvalue weighted by atomic mass is 10.0. The average molecular weight is 345 g/mol. The Morgan fingerprint density at radius 2 is 1.80 bits per heavy atom. The largest absolute Gasteiger partial charge is 0.382 e. The van der Waals surface area contributed by atoms with Crippen LogP contribution < -0.4 is 5.32 Å². The van der Waals surface area contributed by atoms with Gasteiger partial charge in [0.2, 0.25) is 5.91 Å². The Morgan fingerprint density at radius 1 is 1.16 bits per heavy atom. The fraction of sp³-hybridized carbons (Fsp3) is 0.650. The number of anilines is 1. The van der Waals surface area contributed by atoms with Gasteiger partial charge in [-0.1, -0.05) is 18.2 Å². The molecule has 3 rings (SSSR count). The maximum Gasteiger partial charge on any atom is 0.219 e. The molecule has 138 valence electrons. The third kappa shape index (κ3) is 4.95. The molecule has 2 aliphatic rings. The Hall–Kier alpha value is -1.59. The van der Waals surface area contributed by atoms with E-state index in [0.29, 0.717) is 18.2 Å². The highest BCUT2D eigenvalue weighted by Gasteiger charge is 2.24. The highest BCUT2D eigenvalue weighted by molar-refractivity contribution is 5.73. The second-order valence-corrected chi connectivity index (χ2v) is 7.53. The van der Waals surface area contributed by atoms with Gasteiger partial charge in [-0.15, -0.1) is 0 Å². The summed E-state index contributed by atoms with van der Waals surface area (Å²) in [6, 6.07) is 9.06. The van der Waals surface area contributed by atoms with Crippen LogP contribution in [-0.4, -0.2) is 60.1 Å². The summed E-state index contributed by atoms with van der Waals surface area (Å²) in [5.74, 6) is 0.189. The monoisotopic (exact) mass is 345 g/mol. The first-order valence-electron chi connectivity index (χ1n) is 9.49. The van der Waals surface area contributed by atoms with E-state index in [0.717, 1.165) is 45.6 Å². The zero-order chi connectivity index (χ0) is 17.8. The first kappa shape index (κ1) is 18.2. The molecule has 1 amide bonds. The quantitative estimate of drug-likeness (QED) is 0.911. The van der Waals surface area contributed by atoms with E-state index < -0.39 is 0 Å². The molecule has 2 atom stereocenters. The van der Waals surface area contributed by atoms with Crippen LogP contribution in [0.25, 0.3) is 0 Å². The molecule has 1 N–H and O–H groups in total. The predicted molar refractivity (Wildman–Crippen MR) is 101 cm³/mol. The maximum absolute atomic E-state index is 11.5. The van der Waals surface area contributed by atoms with Crippen molar-refractivity contribution < 1.29 is 9.53 Å². The van der Waals surface area contributed by atoms with Crippen molar-refractivity contribution in [2.24, 2.45) is 0 Å². The standard InChI is InChI=1S/C20H31N3O2/c1-15-12-22(13-16(2)25-15)14-18-6-4-5-7-20(18)21-19-8-10-23(11-9-19)17(3)24/h4-7,15-16,19,21H,8-14H2,1-3H3. The van der Waals surface area contributed by atoms with Gasteiger partial charge in [0, 0.05) is 51.4 Å². The van der Waals surface area contributed by atoms with Crippen LogP contribution in [0, 0.1) is 0 Å². The minimum Gasteiger partial charge on any atom is -0.382 e. The van der Waals surface area contributed by atoms with E-state index in [9.17, 15) is 4.79 Å². The molecule has 0 spiro atoms. The molecular formula is C20H31N3O2. The van der Waals surface area contributed by atoms with Gasteiger partial charge >= 0.3 is 0 Å². The van der Waals surface area contributed by atoms with Gasteiger partial charge in [-0.3, -0.25) is 9.69 Å². The van der Waals surface area contributed by atoms with Crippen LogP contribution >= 0.6 is 0 Å². The molecule has 0 saturated carbocycles. The predicted octanol–water partition coefficient (Wildman–Crippen LogP) is 2.72. The molecule has 2 saturated heterocycles. The Morgan fingerprint density at radius 3 is 2.44 bits per heavy atom. The van der Waals surface area contributed by atoms with E-state index in [4.69, 9.17) is 4.74 Å². The summed E-state index contributed by atoms with van der Waals surface area (Å²) in [5, 5.41) is 3.73. The molecule has 0 aliphatic carbocycles. The van der Waals surface area contributed by atoms with Crippen LogP contribution in [0.2, 0.25) is 0 Å². The fourth-order valence-corrected chi connectivity index (χ4v) is 4.01. The van der Waals surface area contributed by atoms with Crippen LogP contribution in [0.3, 0.4) is 0 Å². The van der Waals surface area contributed by atoms with Gasteiger partial charge in [-0.05, 0) is 38.3 Å². The summed E-state index contributed by atoms with van der Waals surface area (Å²) in [5.41, 5.74) is 2.58. The molecule has 0 radical (unpaired) electrons. The van der Waals surface area contributed by atoms with Gasteiger partial charge in [0.15, 0.2) is 0 Å². The number of carbonyl (C=O) groups excluding carboxylic acids is 1. The Balaban J connectivity index is 1.60. The number of hydrogen-bond acceptors (Lipinski definition) is 4. The second kappa shape index (κ2) is 8.19. The van der Waals surface area contributed by atoms with Gasteiger partial charge < -0.3 is 15.0 Å². The van der Waals surface area contributed by atoms with Gasteiger partial charge in [0.25, 0.3) is 0 Å². The molecule has 0 bridgehead atoms. The van der Waals surface area contributed by atoms with Crippen LogP contribution in [0.15, 0.2) is 24.3 Å². The summed E-state index contributed by atoms with van der Waals surface area (Å²) in [6.45, 7) is 10.6. The van der Waals surface area contributed by atoms with Crippen LogP contribution in [0.4, 0.5) is 5.69 Å². The van der Waals surface area contributed by atoms with Gasteiger partial charge in [-0.2, -0.15) is 0 Å². The fourth-order valence-electron chi connectivity index (χ4n) is 4.01. The van der Waals surface area contributed by atoms with Crippen LogP contribution in [0.1, 0.15) is 39.2 Å². The highest BCUT2D eigenvalue weighted by Crippen LogP contribution is 2.23. The number of benzene rings is 1. The Bertz CT molecular complexity index is 574. The number of ether oxygens (including phenoxy) is 1. The summed E-state index contributed by atoms with van der Waals surface area (Å²) in [7, 11) is 0. The molecule has 0 aromatic heterocycles. The number of morpholine rings is 1. The first-order chi connectivity index (χ1) is 12.0. The molecule has 2 unspecified atom stereocenters. The lowest BCUT2D eigenvalue weighted by molar-refractivity contribution is -0.129. The second-order valence-electron chi connectivity index (χ2n) is 7.53. The summed E-state index contributed by atoms with van der Waals surface area (Å²) >= 11 is 0. The van der Waals surface area contributed by atoms with Crippen molar-refractivity contribution in [1.29, 1.82) is 0 Å². The molecule has 5 heteroatoms. The van der Waals surface area contributed by atoms with E-state index in [1.54, 1.807) is 6.92 Å². The normalized spacial score (nSPS) is 25.8.